The van der Waals surface area contributed by atoms with Crippen LogP contribution in [0.1, 0.15) is 29.8 Å². The average Bonchev–Trinajstić information content (AvgIpc) is 3.31. The lowest BCUT2D eigenvalue weighted by Gasteiger charge is -2.15. The number of hydrogen-bond acceptors (Lipinski definition) is 6. The summed E-state index contributed by atoms with van der Waals surface area (Å²) < 4.78 is 59.4. The monoisotopic (exact) mass is 516 g/mol. The highest BCUT2D eigenvalue weighted by Crippen LogP contribution is 2.32. The summed E-state index contributed by atoms with van der Waals surface area (Å²) >= 11 is 0. The van der Waals surface area contributed by atoms with Crippen LogP contribution in [0, 0.1) is 11.6 Å². The molecule has 0 saturated heterocycles. The highest BCUT2D eigenvalue weighted by Gasteiger charge is 2.21. The van der Waals surface area contributed by atoms with E-state index >= 15 is 0 Å². The third kappa shape index (κ3) is 5.33. The summed E-state index contributed by atoms with van der Waals surface area (Å²) in [6.07, 6.45) is 4.86. The summed E-state index contributed by atoms with van der Waals surface area (Å²) in [6, 6.07) is 7.12. The second-order valence-electron chi connectivity index (χ2n) is 8.19. The van der Waals surface area contributed by atoms with Gasteiger partial charge in [-0.1, -0.05) is 6.92 Å². The Balaban J connectivity index is 1.66. The highest BCUT2D eigenvalue weighted by atomic mass is 19.3. The maximum Gasteiger partial charge on any atom is 0.387 e. The number of carbonyl (C=O) groups is 1. The van der Waals surface area contributed by atoms with Crippen LogP contribution in [0.3, 0.4) is 0 Å². The first-order valence-corrected chi connectivity index (χ1v) is 11.4. The molecule has 0 radical (unpaired) electrons. The molecule has 0 aliphatic heterocycles. The van der Waals surface area contributed by atoms with Gasteiger partial charge in [0, 0.05) is 41.8 Å². The van der Waals surface area contributed by atoms with Crippen molar-refractivity contribution in [2.24, 2.45) is 5.73 Å². The van der Waals surface area contributed by atoms with Crippen LogP contribution >= 0.6 is 0 Å². The zero-order chi connectivity index (χ0) is 26.7. The number of aromatic nitrogens is 3. The fourth-order valence-corrected chi connectivity index (χ4v) is 3.81. The van der Waals surface area contributed by atoms with Crippen LogP contribution in [0.25, 0.3) is 16.9 Å². The van der Waals surface area contributed by atoms with Crippen LogP contribution in [-0.4, -0.2) is 39.5 Å². The molecule has 1 atom stereocenters. The maximum absolute atomic E-state index is 14.7. The lowest BCUT2D eigenvalue weighted by Crippen LogP contribution is -2.38. The van der Waals surface area contributed by atoms with Crippen molar-refractivity contribution < 1.29 is 27.1 Å². The number of carbonyl (C=O) groups excluding carboxylic acids is 1. The molecule has 0 bridgehead atoms. The van der Waals surface area contributed by atoms with Gasteiger partial charge in [0.1, 0.15) is 0 Å². The molecular formula is C25H24F4N6O2. The number of rotatable bonds is 9. The summed E-state index contributed by atoms with van der Waals surface area (Å²) in [5.41, 5.74) is 7.84. The number of imidazole rings is 1. The predicted molar refractivity (Wildman–Crippen MR) is 130 cm³/mol. The van der Waals surface area contributed by atoms with Crippen molar-refractivity contribution >= 4 is 23.1 Å². The number of alkyl halides is 2. The van der Waals surface area contributed by atoms with E-state index in [1.54, 1.807) is 12.1 Å². The Bertz CT molecular complexity index is 1440. The van der Waals surface area contributed by atoms with Gasteiger partial charge in [-0.05, 0) is 49.2 Å². The molecule has 0 aliphatic rings. The number of amides is 1. The first kappa shape index (κ1) is 25.9. The van der Waals surface area contributed by atoms with Crippen LogP contribution < -0.4 is 21.1 Å². The number of nitrogens with two attached hydrogens (primary N) is 1. The van der Waals surface area contributed by atoms with Gasteiger partial charge >= 0.3 is 6.61 Å². The van der Waals surface area contributed by atoms with E-state index in [9.17, 15) is 22.4 Å². The normalized spacial score (nSPS) is 12.1. The standard InChI is InChI=1S/C25H24F4N6O2/c1-3-14-10-15(4-5-16(14)24(36)33-13(2)11-30)34-22-23-32-12-18(35(23)9-8-31-22)17-6-7-19(37-25(28)29)21(27)20(17)26/h4-10,12-13,25H,3,11,30H2,1-2H3,(H,31,34)(H,33,36)/t13-/m0/s1. The molecule has 2 aromatic carbocycles. The van der Waals surface area contributed by atoms with Gasteiger partial charge in [0.2, 0.25) is 5.82 Å². The van der Waals surface area contributed by atoms with Gasteiger partial charge < -0.3 is 21.1 Å². The van der Waals surface area contributed by atoms with Crippen molar-refractivity contribution in [3.8, 4) is 17.0 Å². The Hall–Kier alpha value is -4.19. The third-order valence-corrected chi connectivity index (χ3v) is 5.69. The number of ether oxygens (including phenoxy) is 1. The van der Waals surface area contributed by atoms with E-state index in [0.717, 1.165) is 17.7 Å². The molecule has 37 heavy (non-hydrogen) atoms. The van der Waals surface area contributed by atoms with Crippen molar-refractivity contribution in [3.63, 3.8) is 0 Å². The molecule has 8 nitrogen and oxygen atoms in total. The van der Waals surface area contributed by atoms with Gasteiger partial charge in [-0.2, -0.15) is 13.2 Å². The van der Waals surface area contributed by atoms with Crippen LogP contribution in [0.2, 0.25) is 0 Å². The SMILES string of the molecule is CCc1cc(Nc2nccn3c(-c4ccc(OC(F)F)c(F)c4F)cnc23)ccc1C(=O)N[C@@H](C)CN. The van der Waals surface area contributed by atoms with Gasteiger partial charge in [-0.25, -0.2) is 14.4 Å². The smallest absolute Gasteiger partial charge is 0.387 e. The van der Waals surface area contributed by atoms with Crippen molar-refractivity contribution in [3.05, 3.63) is 71.7 Å². The Kier molecular flexibility index (Phi) is 7.58. The van der Waals surface area contributed by atoms with E-state index < -0.39 is 24.0 Å². The summed E-state index contributed by atoms with van der Waals surface area (Å²) in [5, 5.41) is 5.98. The number of benzene rings is 2. The molecule has 2 aromatic heterocycles. The summed E-state index contributed by atoms with van der Waals surface area (Å²) in [4.78, 5) is 21.2. The second-order valence-corrected chi connectivity index (χ2v) is 8.19. The molecule has 4 rings (SSSR count). The summed E-state index contributed by atoms with van der Waals surface area (Å²) in [7, 11) is 0. The van der Waals surface area contributed by atoms with Crippen molar-refractivity contribution in [2.45, 2.75) is 32.9 Å². The average molecular weight is 516 g/mol. The first-order chi connectivity index (χ1) is 17.7. The van der Waals surface area contributed by atoms with E-state index in [1.165, 1.54) is 23.0 Å². The molecule has 2 heterocycles. The molecule has 0 aliphatic carbocycles. The molecule has 0 fully saturated rings. The molecular weight excluding hydrogens is 492 g/mol. The second kappa shape index (κ2) is 10.8. The Morgan fingerprint density at radius 1 is 1.16 bits per heavy atom. The lowest BCUT2D eigenvalue weighted by atomic mass is 10.0. The molecule has 12 heteroatoms. The van der Waals surface area contributed by atoms with E-state index in [4.69, 9.17) is 5.73 Å². The quantitative estimate of drug-likeness (QED) is 0.280. The summed E-state index contributed by atoms with van der Waals surface area (Å²) in [5.74, 6) is -3.67. The Morgan fingerprint density at radius 3 is 2.65 bits per heavy atom. The molecule has 194 valence electrons. The van der Waals surface area contributed by atoms with Gasteiger partial charge in [0.15, 0.2) is 23.0 Å². The van der Waals surface area contributed by atoms with Gasteiger partial charge in [-0.3, -0.25) is 9.20 Å². The molecule has 1 amide bonds. The van der Waals surface area contributed by atoms with Crippen molar-refractivity contribution in [2.75, 3.05) is 11.9 Å². The number of fused-ring (bicyclic) bond motifs is 1. The van der Waals surface area contributed by atoms with E-state index in [-0.39, 0.29) is 23.2 Å². The van der Waals surface area contributed by atoms with Crippen molar-refractivity contribution in [1.82, 2.24) is 19.7 Å². The van der Waals surface area contributed by atoms with Gasteiger partial charge in [0.25, 0.3) is 5.91 Å². The summed E-state index contributed by atoms with van der Waals surface area (Å²) in [6.45, 7) is 0.768. The van der Waals surface area contributed by atoms with Gasteiger partial charge in [0.05, 0.1) is 11.9 Å². The molecule has 4 N–H and O–H groups in total. The van der Waals surface area contributed by atoms with Crippen LogP contribution in [0.15, 0.2) is 48.9 Å². The minimum Gasteiger partial charge on any atom is -0.432 e. The third-order valence-electron chi connectivity index (χ3n) is 5.69. The number of aryl methyl sites for hydroxylation is 1. The van der Waals surface area contributed by atoms with E-state index in [1.807, 2.05) is 19.9 Å². The Labute approximate surface area is 209 Å². The molecule has 0 saturated carbocycles. The van der Waals surface area contributed by atoms with E-state index in [0.29, 0.717) is 35.7 Å². The largest absolute Gasteiger partial charge is 0.432 e. The van der Waals surface area contributed by atoms with Crippen molar-refractivity contribution in [1.29, 1.82) is 0 Å². The zero-order valence-corrected chi connectivity index (χ0v) is 19.9. The van der Waals surface area contributed by atoms with E-state index in [2.05, 4.69) is 25.3 Å². The molecule has 0 unspecified atom stereocenters. The topological polar surface area (TPSA) is 107 Å². The maximum atomic E-state index is 14.7. The number of nitrogens with zero attached hydrogens (tertiary/aromatic N) is 3. The van der Waals surface area contributed by atoms with Crippen LogP contribution in [0.5, 0.6) is 5.75 Å². The fourth-order valence-electron chi connectivity index (χ4n) is 3.81. The zero-order valence-electron chi connectivity index (χ0n) is 19.9. The number of anilines is 2. The fraction of sp³-hybridized carbons (Fsp3) is 0.240. The molecule has 4 aromatic rings. The van der Waals surface area contributed by atoms with Crippen LogP contribution in [0.4, 0.5) is 29.1 Å². The van der Waals surface area contributed by atoms with Gasteiger partial charge in [-0.15, -0.1) is 0 Å². The first-order valence-electron chi connectivity index (χ1n) is 11.4. The number of nitrogens with one attached hydrogen (secondary N) is 2. The number of hydrogen-bond donors (Lipinski definition) is 3. The Morgan fingerprint density at radius 2 is 1.95 bits per heavy atom. The minimum atomic E-state index is -3.29. The highest BCUT2D eigenvalue weighted by molar-refractivity contribution is 5.96. The minimum absolute atomic E-state index is 0.169. The van der Waals surface area contributed by atoms with Crippen LogP contribution in [-0.2, 0) is 6.42 Å². The number of halogens is 4. The molecule has 0 spiro atoms. The predicted octanol–water partition coefficient (Wildman–Crippen LogP) is 4.66. The lowest BCUT2D eigenvalue weighted by molar-refractivity contribution is -0.0525.